The predicted octanol–water partition coefficient (Wildman–Crippen LogP) is 1.71. The van der Waals surface area contributed by atoms with Crippen molar-refractivity contribution in [3.05, 3.63) is 58.8 Å². The van der Waals surface area contributed by atoms with Crippen LogP contribution >= 0.6 is 0 Å². The van der Waals surface area contributed by atoms with Crippen LogP contribution in [0.3, 0.4) is 0 Å². The molecule has 3 rings (SSSR count). The van der Waals surface area contributed by atoms with Gasteiger partial charge < -0.3 is 9.64 Å². The number of hydrogen-bond donors (Lipinski definition) is 1. The highest BCUT2D eigenvalue weighted by atomic mass is 32.2. The first-order chi connectivity index (χ1) is 12.5. The van der Waals surface area contributed by atoms with E-state index in [9.17, 15) is 8.42 Å². The number of hydrogen-bond acceptors (Lipinski definition) is 6. The minimum atomic E-state index is -3.55. The summed E-state index contributed by atoms with van der Waals surface area (Å²) in [5.74, 6) is 0.613. The number of morpholine rings is 1. The Bertz CT molecular complexity index is 863. The van der Waals surface area contributed by atoms with Crippen molar-refractivity contribution in [3.8, 4) is 0 Å². The monoisotopic (exact) mass is 374 g/mol. The van der Waals surface area contributed by atoms with Gasteiger partial charge in [0.2, 0.25) is 16.0 Å². The number of aromatic nitrogens is 2. The average Bonchev–Trinajstić information content (AvgIpc) is 2.66. The van der Waals surface area contributed by atoms with Crippen LogP contribution in [0, 0.1) is 6.92 Å². The third-order valence-electron chi connectivity index (χ3n) is 3.88. The standard InChI is InChI=1S/C18H22N4O3S/c1-15-13-17(21-18(20-15)22-8-10-25-11-9-22)14-19-26(23,24)12-7-16-5-3-2-4-6-16/h2-7,12-13,19H,8-11,14H2,1H3/b12-7+. The normalized spacial score (nSPS) is 15.5. The second kappa shape index (κ2) is 8.39. The molecule has 0 saturated carbocycles. The molecule has 7 nitrogen and oxygen atoms in total. The molecule has 1 N–H and O–H groups in total. The van der Waals surface area contributed by atoms with Gasteiger partial charge in [0.25, 0.3) is 0 Å². The number of rotatable bonds is 6. The quantitative estimate of drug-likeness (QED) is 0.829. The average molecular weight is 374 g/mol. The van der Waals surface area contributed by atoms with E-state index in [0.29, 0.717) is 24.9 Å². The van der Waals surface area contributed by atoms with Crippen molar-refractivity contribution in [1.82, 2.24) is 14.7 Å². The Labute approximate surface area is 153 Å². The molecule has 8 heteroatoms. The number of sulfonamides is 1. The van der Waals surface area contributed by atoms with Crippen molar-refractivity contribution < 1.29 is 13.2 Å². The zero-order valence-corrected chi connectivity index (χ0v) is 15.4. The molecule has 0 bridgehead atoms. The molecular weight excluding hydrogens is 352 g/mol. The molecule has 1 aliphatic rings. The SMILES string of the molecule is Cc1cc(CNS(=O)(=O)/C=C/c2ccccc2)nc(N2CCOCC2)n1. The number of ether oxygens (including phenoxy) is 1. The van der Waals surface area contributed by atoms with E-state index < -0.39 is 10.0 Å². The Morgan fingerprint density at radius 2 is 1.92 bits per heavy atom. The largest absolute Gasteiger partial charge is 0.378 e. The smallest absolute Gasteiger partial charge is 0.234 e. The van der Waals surface area contributed by atoms with Crippen LogP contribution in [0.4, 0.5) is 5.95 Å². The second-order valence-corrected chi connectivity index (χ2v) is 7.63. The lowest BCUT2D eigenvalue weighted by Crippen LogP contribution is -2.37. The first-order valence-corrected chi connectivity index (χ1v) is 9.96. The summed E-state index contributed by atoms with van der Waals surface area (Å²) in [6, 6.07) is 11.1. The Balaban J connectivity index is 1.66. The van der Waals surface area contributed by atoms with Gasteiger partial charge in [0, 0.05) is 24.2 Å². The highest BCUT2D eigenvalue weighted by Gasteiger charge is 2.15. The third-order valence-corrected chi connectivity index (χ3v) is 4.92. The zero-order valence-electron chi connectivity index (χ0n) is 14.6. The van der Waals surface area contributed by atoms with Gasteiger partial charge in [-0.05, 0) is 24.6 Å². The van der Waals surface area contributed by atoms with Crippen LogP contribution in [0.5, 0.6) is 0 Å². The molecule has 1 aromatic heterocycles. The first-order valence-electron chi connectivity index (χ1n) is 8.42. The van der Waals surface area contributed by atoms with E-state index in [0.717, 1.165) is 24.3 Å². The fourth-order valence-electron chi connectivity index (χ4n) is 2.57. The molecule has 1 aromatic carbocycles. The summed E-state index contributed by atoms with van der Waals surface area (Å²) in [6.45, 7) is 4.73. The van der Waals surface area contributed by atoms with Gasteiger partial charge in [-0.25, -0.2) is 23.1 Å². The Morgan fingerprint density at radius 1 is 1.19 bits per heavy atom. The Hall–Kier alpha value is -2.29. The van der Waals surface area contributed by atoms with Crippen molar-refractivity contribution in [1.29, 1.82) is 0 Å². The lowest BCUT2D eigenvalue weighted by Gasteiger charge is -2.27. The number of nitrogens with one attached hydrogen (secondary N) is 1. The topological polar surface area (TPSA) is 84.4 Å². The van der Waals surface area contributed by atoms with Crippen molar-refractivity contribution in [2.45, 2.75) is 13.5 Å². The summed E-state index contributed by atoms with van der Waals surface area (Å²) in [6.07, 6.45) is 1.56. The molecule has 0 radical (unpaired) electrons. The highest BCUT2D eigenvalue weighted by Crippen LogP contribution is 2.12. The predicted molar refractivity (Wildman–Crippen MR) is 101 cm³/mol. The van der Waals surface area contributed by atoms with Gasteiger partial charge in [-0.2, -0.15) is 0 Å². The summed E-state index contributed by atoms with van der Waals surface area (Å²) in [5, 5.41) is 1.17. The molecule has 138 valence electrons. The summed E-state index contributed by atoms with van der Waals surface area (Å²) < 4.78 is 32.3. The maximum Gasteiger partial charge on any atom is 0.234 e. The van der Waals surface area contributed by atoms with Gasteiger partial charge in [-0.3, -0.25) is 0 Å². The lowest BCUT2D eigenvalue weighted by molar-refractivity contribution is 0.122. The van der Waals surface area contributed by atoms with Crippen molar-refractivity contribution in [2.24, 2.45) is 0 Å². The van der Waals surface area contributed by atoms with Crippen LogP contribution in [-0.4, -0.2) is 44.7 Å². The molecule has 0 amide bonds. The molecule has 2 heterocycles. The van der Waals surface area contributed by atoms with Crippen LogP contribution in [-0.2, 0) is 21.3 Å². The molecular formula is C18H22N4O3S. The van der Waals surface area contributed by atoms with Crippen LogP contribution < -0.4 is 9.62 Å². The zero-order chi connectivity index (χ0) is 18.4. The fraction of sp³-hybridized carbons (Fsp3) is 0.333. The van der Waals surface area contributed by atoms with Gasteiger partial charge in [0.05, 0.1) is 25.5 Å². The molecule has 26 heavy (non-hydrogen) atoms. The van der Waals surface area contributed by atoms with Gasteiger partial charge in [0.15, 0.2) is 0 Å². The summed E-state index contributed by atoms with van der Waals surface area (Å²) in [4.78, 5) is 11.0. The van der Waals surface area contributed by atoms with Crippen molar-refractivity contribution >= 4 is 22.0 Å². The maximum absolute atomic E-state index is 12.2. The van der Waals surface area contributed by atoms with Gasteiger partial charge in [0.1, 0.15) is 0 Å². The third kappa shape index (κ3) is 5.35. The molecule has 1 saturated heterocycles. The molecule has 0 aliphatic carbocycles. The van der Waals surface area contributed by atoms with Gasteiger partial charge >= 0.3 is 0 Å². The van der Waals surface area contributed by atoms with Gasteiger partial charge in [-0.15, -0.1) is 0 Å². The molecule has 1 aliphatic heterocycles. The summed E-state index contributed by atoms with van der Waals surface area (Å²) in [7, 11) is -3.55. The number of anilines is 1. The van der Waals surface area contributed by atoms with E-state index in [-0.39, 0.29) is 6.54 Å². The van der Waals surface area contributed by atoms with E-state index in [4.69, 9.17) is 4.74 Å². The van der Waals surface area contributed by atoms with Crippen LogP contribution in [0.15, 0.2) is 41.8 Å². The summed E-state index contributed by atoms with van der Waals surface area (Å²) in [5.41, 5.74) is 2.26. The lowest BCUT2D eigenvalue weighted by atomic mass is 10.2. The van der Waals surface area contributed by atoms with E-state index in [1.54, 1.807) is 12.1 Å². The molecule has 0 unspecified atom stereocenters. The van der Waals surface area contributed by atoms with E-state index in [2.05, 4.69) is 14.7 Å². The van der Waals surface area contributed by atoms with E-state index >= 15 is 0 Å². The number of nitrogens with zero attached hydrogens (tertiary/aromatic N) is 3. The van der Waals surface area contributed by atoms with Crippen molar-refractivity contribution in [2.75, 3.05) is 31.2 Å². The number of benzene rings is 1. The number of aryl methyl sites for hydroxylation is 1. The summed E-state index contributed by atoms with van der Waals surface area (Å²) >= 11 is 0. The minimum absolute atomic E-state index is 0.113. The Morgan fingerprint density at radius 3 is 2.65 bits per heavy atom. The molecule has 1 fully saturated rings. The first kappa shape index (κ1) is 18.5. The minimum Gasteiger partial charge on any atom is -0.378 e. The van der Waals surface area contributed by atoms with Gasteiger partial charge in [-0.1, -0.05) is 30.3 Å². The molecule has 0 atom stereocenters. The second-order valence-electron chi connectivity index (χ2n) is 5.98. The van der Waals surface area contributed by atoms with Crippen LogP contribution in [0.2, 0.25) is 0 Å². The fourth-order valence-corrected chi connectivity index (χ4v) is 3.35. The van der Waals surface area contributed by atoms with E-state index in [1.807, 2.05) is 42.2 Å². The molecule has 2 aromatic rings. The van der Waals surface area contributed by atoms with Crippen molar-refractivity contribution in [3.63, 3.8) is 0 Å². The maximum atomic E-state index is 12.2. The van der Waals surface area contributed by atoms with E-state index in [1.165, 1.54) is 5.41 Å². The Kier molecular flexibility index (Phi) is 5.97. The van der Waals surface area contributed by atoms with Crippen LogP contribution in [0.25, 0.3) is 6.08 Å². The van der Waals surface area contributed by atoms with Crippen LogP contribution in [0.1, 0.15) is 17.0 Å². The molecule has 0 spiro atoms. The highest BCUT2D eigenvalue weighted by molar-refractivity contribution is 7.92.